The second kappa shape index (κ2) is 5.21. The first-order valence-corrected chi connectivity index (χ1v) is 7.24. The monoisotopic (exact) mass is 275 g/mol. The SMILES string of the molecule is COC(=O)C(C)(NC1CC1)c1ccc(C(C)(C)C)cc1. The van der Waals surface area contributed by atoms with Crippen molar-refractivity contribution in [2.75, 3.05) is 7.11 Å². The van der Waals surface area contributed by atoms with Crippen molar-refractivity contribution in [3.63, 3.8) is 0 Å². The van der Waals surface area contributed by atoms with E-state index >= 15 is 0 Å². The van der Waals surface area contributed by atoms with Crippen molar-refractivity contribution >= 4 is 5.97 Å². The van der Waals surface area contributed by atoms with E-state index in [1.165, 1.54) is 12.7 Å². The van der Waals surface area contributed by atoms with Gasteiger partial charge in [-0.3, -0.25) is 5.32 Å². The summed E-state index contributed by atoms with van der Waals surface area (Å²) in [6, 6.07) is 8.71. The van der Waals surface area contributed by atoms with Crippen LogP contribution in [0.4, 0.5) is 0 Å². The van der Waals surface area contributed by atoms with Crippen LogP contribution in [-0.2, 0) is 20.5 Å². The average Bonchev–Trinajstić information content (AvgIpc) is 3.20. The van der Waals surface area contributed by atoms with Crippen LogP contribution in [0.25, 0.3) is 0 Å². The zero-order valence-corrected chi connectivity index (χ0v) is 13.1. The third-order valence-electron chi connectivity index (χ3n) is 3.99. The predicted molar refractivity (Wildman–Crippen MR) is 80.7 cm³/mol. The summed E-state index contributed by atoms with van der Waals surface area (Å²) >= 11 is 0. The average molecular weight is 275 g/mol. The van der Waals surface area contributed by atoms with Gasteiger partial charge in [0.15, 0.2) is 0 Å². The standard InChI is InChI=1S/C17H25NO2/c1-16(2,3)12-6-8-13(9-7-12)17(4,15(19)20-5)18-14-10-11-14/h6-9,14,18H,10-11H2,1-5H3. The molecule has 0 spiro atoms. The Morgan fingerprint density at radius 2 is 1.60 bits per heavy atom. The van der Waals surface area contributed by atoms with Gasteiger partial charge in [0.2, 0.25) is 0 Å². The number of nitrogens with one attached hydrogen (secondary N) is 1. The molecule has 1 atom stereocenters. The molecule has 1 fully saturated rings. The molecule has 0 amide bonds. The zero-order chi connectivity index (χ0) is 15.0. The van der Waals surface area contributed by atoms with Crippen LogP contribution < -0.4 is 5.32 Å². The van der Waals surface area contributed by atoms with E-state index in [0.29, 0.717) is 6.04 Å². The lowest BCUT2D eigenvalue weighted by molar-refractivity contribution is -0.148. The lowest BCUT2D eigenvalue weighted by Crippen LogP contribution is -2.48. The summed E-state index contributed by atoms with van der Waals surface area (Å²) in [5, 5.41) is 3.42. The molecule has 0 heterocycles. The molecule has 1 aliphatic carbocycles. The highest BCUT2D eigenvalue weighted by molar-refractivity contribution is 5.82. The number of methoxy groups -OCH3 is 1. The number of carbonyl (C=O) groups is 1. The van der Waals surface area contributed by atoms with E-state index in [-0.39, 0.29) is 11.4 Å². The van der Waals surface area contributed by atoms with E-state index in [9.17, 15) is 4.79 Å². The molecule has 0 aliphatic heterocycles. The summed E-state index contributed by atoms with van der Waals surface area (Å²) in [5.41, 5.74) is 1.58. The highest BCUT2D eigenvalue weighted by Gasteiger charge is 2.40. The summed E-state index contributed by atoms with van der Waals surface area (Å²) in [7, 11) is 1.44. The minimum Gasteiger partial charge on any atom is -0.467 e. The van der Waals surface area contributed by atoms with Gasteiger partial charge >= 0.3 is 5.97 Å². The summed E-state index contributed by atoms with van der Waals surface area (Å²) in [6.45, 7) is 8.46. The number of rotatable bonds is 4. The highest BCUT2D eigenvalue weighted by Crippen LogP contribution is 2.31. The molecule has 3 nitrogen and oxygen atoms in total. The molecule has 1 aromatic rings. The highest BCUT2D eigenvalue weighted by atomic mass is 16.5. The van der Waals surface area contributed by atoms with Crippen molar-refractivity contribution in [1.82, 2.24) is 5.32 Å². The van der Waals surface area contributed by atoms with E-state index < -0.39 is 5.54 Å². The van der Waals surface area contributed by atoms with Crippen molar-refractivity contribution in [2.45, 2.75) is 57.5 Å². The van der Waals surface area contributed by atoms with Gasteiger partial charge < -0.3 is 4.74 Å². The van der Waals surface area contributed by atoms with Crippen molar-refractivity contribution in [2.24, 2.45) is 0 Å². The van der Waals surface area contributed by atoms with Crippen LogP contribution in [0.2, 0.25) is 0 Å². The normalized spacial score (nSPS) is 18.4. The predicted octanol–water partition coefficient (Wildman–Crippen LogP) is 3.12. The number of hydrogen-bond acceptors (Lipinski definition) is 3. The Morgan fingerprint density at radius 1 is 1.10 bits per heavy atom. The van der Waals surface area contributed by atoms with Crippen LogP contribution in [0, 0.1) is 0 Å². The number of benzene rings is 1. The maximum atomic E-state index is 12.2. The van der Waals surface area contributed by atoms with Gasteiger partial charge in [-0.1, -0.05) is 45.0 Å². The van der Waals surface area contributed by atoms with Crippen molar-refractivity contribution in [1.29, 1.82) is 0 Å². The quantitative estimate of drug-likeness (QED) is 0.858. The maximum Gasteiger partial charge on any atom is 0.330 e. The largest absolute Gasteiger partial charge is 0.467 e. The number of carbonyl (C=O) groups excluding carboxylic acids is 1. The third-order valence-corrected chi connectivity index (χ3v) is 3.99. The topological polar surface area (TPSA) is 38.3 Å². The van der Waals surface area contributed by atoms with Gasteiger partial charge in [0.1, 0.15) is 5.54 Å². The van der Waals surface area contributed by atoms with Gasteiger partial charge in [-0.25, -0.2) is 4.79 Å². The van der Waals surface area contributed by atoms with Gasteiger partial charge in [0.25, 0.3) is 0 Å². The molecule has 110 valence electrons. The molecular weight excluding hydrogens is 250 g/mol. The lowest BCUT2D eigenvalue weighted by atomic mass is 9.84. The van der Waals surface area contributed by atoms with Crippen LogP contribution in [-0.4, -0.2) is 19.1 Å². The Bertz CT molecular complexity index is 483. The van der Waals surface area contributed by atoms with E-state index in [2.05, 4.69) is 38.2 Å². The Morgan fingerprint density at radius 3 is 2.00 bits per heavy atom. The Hall–Kier alpha value is -1.35. The van der Waals surface area contributed by atoms with E-state index in [1.807, 2.05) is 19.1 Å². The lowest BCUT2D eigenvalue weighted by Gasteiger charge is -2.29. The van der Waals surface area contributed by atoms with Crippen LogP contribution >= 0.6 is 0 Å². The van der Waals surface area contributed by atoms with Gasteiger partial charge in [0.05, 0.1) is 7.11 Å². The van der Waals surface area contributed by atoms with Crippen LogP contribution in [0.5, 0.6) is 0 Å². The molecule has 0 radical (unpaired) electrons. The number of hydrogen-bond donors (Lipinski definition) is 1. The fourth-order valence-electron chi connectivity index (χ4n) is 2.40. The minimum absolute atomic E-state index is 0.115. The molecule has 2 rings (SSSR count). The van der Waals surface area contributed by atoms with E-state index in [0.717, 1.165) is 18.4 Å². The molecule has 3 heteroatoms. The second-order valence-electron chi connectivity index (χ2n) is 6.86. The first kappa shape index (κ1) is 15.0. The maximum absolute atomic E-state index is 12.2. The van der Waals surface area contributed by atoms with Crippen molar-refractivity contribution in [3.05, 3.63) is 35.4 Å². The molecule has 1 N–H and O–H groups in total. The Balaban J connectivity index is 2.31. The van der Waals surface area contributed by atoms with E-state index in [1.54, 1.807) is 0 Å². The fraction of sp³-hybridized carbons (Fsp3) is 0.588. The van der Waals surface area contributed by atoms with Crippen LogP contribution in [0.15, 0.2) is 24.3 Å². The van der Waals surface area contributed by atoms with Crippen molar-refractivity contribution in [3.8, 4) is 0 Å². The molecule has 1 unspecified atom stereocenters. The molecule has 0 aromatic heterocycles. The van der Waals surface area contributed by atoms with Crippen molar-refractivity contribution < 1.29 is 9.53 Å². The summed E-state index contributed by atoms with van der Waals surface area (Å²) in [4.78, 5) is 12.2. The fourth-order valence-corrected chi connectivity index (χ4v) is 2.40. The Kier molecular flexibility index (Phi) is 3.92. The Labute approximate surface area is 121 Å². The zero-order valence-electron chi connectivity index (χ0n) is 13.1. The van der Waals surface area contributed by atoms with Gasteiger partial charge in [0, 0.05) is 6.04 Å². The molecule has 1 aromatic carbocycles. The van der Waals surface area contributed by atoms with E-state index in [4.69, 9.17) is 4.74 Å². The van der Waals surface area contributed by atoms with Crippen LogP contribution in [0.3, 0.4) is 0 Å². The molecule has 1 saturated carbocycles. The third kappa shape index (κ3) is 3.04. The molecule has 1 aliphatic rings. The molecular formula is C17H25NO2. The second-order valence-corrected chi connectivity index (χ2v) is 6.86. The molecule has 20 heavy (non-hydrogen) atoms. The first-order chi connectivity index (χ1) is 9.27. The van der Waals surface area contributed by atoms with Crippen LogP contribution in [0.1, 0.15) is 51.7 Å². The first-order valence-electron chi connectivity index (χ1n) is 7.24. The minimum atomic E-state index is -0.758. The van der Waals surface area contributed by atoms with Gasteiger partial charge in [-0.15, -0.1) is 0 Å². The summed E-state index contributed by atoms with van der Waals surface area (Å²) in [5.74, 6) is -0.229. The molecule has 0 saturated heterocycles. The number of esters is 1. The number of ether oxygens (including phenoxy) is 1. The van der Waals surface area contributed by atoms with Gasteiger partial charge in [-0.2, -0.15) is 0 Å². The molecule has 0 bridgehead atoms. The summed E-state index contributed by atoms with van der Waals surface area (Å²) in [6.07, 6.45) is 2.26. The summed E-state index contributed by atoms with van der Waals surface area (Å²) < 4.78 is 4.99. The van der Waals surface area contributed by atoms with Gasteiger partial charge in [-0.05, 0) is 36.3 Å². The smallest absolute Gasteiger partial charge is 0.330 e.